The van der Waals surface area contributed by atoms with Crippen LogP contribution in [0.2, 0.25) is 0 Å². The molecule has 0 radical (unpaired) electrons. The van der Waals surface area contributed by atoms with Crippen molar-refractivity contribution >= 4 is 15.7 Å². The first-order valence-electron chi connectivity index (χ1n) is 18.8. The zero-order valence-corrected chi connectivity index (χ0v) is 30.4. The van der Waals surface area contributed by atoms with Gasteiger partial charge in [0.25, 0.3) is 0 Å². The minimum absolute atomic E-state index is 0.0494. The summed E-state index contributed by atoms with van der Waals surface area (Å²) in [5, 5.41) is 0. The molecule has 8 nitrogen and oxygen atoms in total. The lowest BCUT2D eigenvalue weighted by Gasteiger charge is -2.74. The molecule has 3 aliphatic heterocycles. The van der Waals surface area contributed by atoms with Gasteiger partial charge in [-0.2, -0.15) is 4.31 Å². The SMILES string of the molecule is COc1ccc2c3c1O[C@H]1[C@@]4(OC)CC[C@@]5(C[C@@H]4c4ccc(N6CCN(S(=O)(=O)c7ccc(C)cc7)CC6)cc4)[C@@H](C2)N(CC2CC2)CC[C@]315. The fourth-order valence-corrected chi connectivity index (χ4v) is 13.3. The molecule has 4 bridgehead atoms. The maximum Gasteiger partial charge on any atom is 0.243 e. The van der Waals surface area contributed by atoms with Crippen LogP contribution in [0, 0.1) is 18.3 Å². The van der Waals surface area contributed by atoms with Crippen molar-refractivity contribution in [1.29, 1.82) is 0 Å². The van der Waals surface area contributed by atoms with Gasteiger partial charge in [-0.15, -0.1) is 0 Å². The fraction of sp³-hybridized carbons (Fsp3) is 0.561. The number of ether oxygens (including phenoxy) is 3. The molecule has 3 aromatic carbocycles. The Morgan fingerprint density at radius 3 is 2.34 bits per heavy atom. The maximum absolute atomic E-state index is 13.3. The van der Waals surface area contributed by atoms with E-state index in [0.29, 0.717) is 37.1 Å². The molecule has 4 saturated carbocycles. The zero-order chi connectivity index (χ0) is 34.0. The molecule has 0 aromatic heterocycles. The molecule has 0 N–H and O–H groups in total. The van der Waals surface area contributed by atoms with Gasteiger partial charge in [0.1, 0.15) is 11.7 Å². The summed E-state index contributed by atoms with van der Waals surface area (Å²) in [5.74, 6) is 2.92. The summed E-state index contributed by atoms with van der Waals surface area (Å²) < 4.78 is 48.4. The summed E-state index contributed by atoms with van der Waals surface area (Å²) >= 11 is 0. The van der Waals surface area contributed by atoms with Gasteiger partial charge in [-0.1, -0.05) is 35.9 Å². The number of likely N-dealkylation sites (tertiary alicyclic amines) is 1. The van der Waals surface area contributed by atoms with E-state index in [1.165, 1.54) is 42.5 Å². The lowest BCUT2D eigenvalue weighted by atomic mass is 9.34. The van der Waals surface area contributed by atoms with Gasteiger partial charge in [0, 0.05) is 73.9 Å². The Bertz CT molecular complexity index is 1940. The van der Waals surface area contributed by atoms with Crippen molar-refractivity contribution in [2.24, 2.45) is 11.3 Å². The van der Waals surface area contributed by atoms with Gasteiger partial charge in [-0.25, -0.2) is 8.42 Å². The molecule has 0 unspecified atom stereocenters. The number of sulfonamides is 1. The number of fused-ring (bicyclic) bond motifs is 2. The first-order valence-corrected chi connectivity index (χ1v) is 20.3. The molecular weight excluding hydrogens is 647 g/mol. The highest BCUT2D eigenvalue weighted by Gasteiger charge is 2.80. The Balaban J connectivity index is 0.963. The average Bonchev–Trinajstić information content (AvgIpc) is 3.89. The molecule has 6 fully saturated rings. The van der Waals surface area contributed by atoms with Crippen LogP contribution in [0.25, 0.3) is 0 Å². The van der Waals surface area contributed by atoms with Crippen LogP contribution < -0.4 is 14.4 Å². The number of anilines is 1. The van der Waals surface area contributed by atoms with Crippen LogP contribution in [0.4, 0.5) is 5.69 Å². The molecule has 6 atom stereocenters. The second-order valence-electron chi connectivity index (χ2n) is 16.4. The number of rotatable bonds is 8. The number of piperazine rings is 1. The van der Waals surface area contributed by atoms with Crippen molar-refractivity contribution in [2.75, 3.05) is 58.4 Å². The van der Waals surface area contributed by atoms with Crippen LogP contribution in [0.3, 0.4) is 0 Å². The summed E-state index contributed by atoms with van der Waals surface area (Å²) in [5.41, 5.74) is 6.08. The number of hydrogen-bond donors (Lipinski definition) is 0. The van der Waals surface area contributed by atoms with Gasteiger partial charge in [-0.05, 0) is 106 Å². The highest BCUT2D eigenvalue weighted by molar-refractivity contribution is 7.89. The number of hydrogen-bond acceptors (Lipinski definition) is 7. The van der Waals surface area contributed by atoms with Crippen LogP contribution in [-0.4, -0.2) is 88.9 Å². The Kier molecular flexibility index (Phi) is 6.92. The quantitative estimate of drug-likeness (QED) is 0.291. The predicted molar refractivity (Wildman–Crippen MR) is 193 cm³/mol. The standard InChI is InChI=1S/C41H49N3O5S/c1-27-4-13-32(14-5-27)50(45,46)44-22-20-42(21-23-44)31-11-8-29(9-12-31)33-25-39-16-17-41(33,48-3)38-40(39)18-19-43(26-28-6-7-28)35(39)24-30-10-15-34(47-2)37(49-38)36(30)40/h4-5,8-15,28,33,35,38H,6-7,16-26H2,1-3H3/t33-,35-,38-,39-,40+,41-/m1/s1. The summed E-state index contributed by atoms with van der Waals surface area (Å²) in [6.07, 6.45) is 8.20. The third-order valence-electron chi connectivity index (χ3n) is 14.4. The molecule has 264 valence electrons. The van der Waals surface area contributed by atoms with Crippen molar-refractivity contribution in [3.05, 3.63) is 82.9 Å². The fourth-order valence-electron chi connectivity index (χ4n) is 11.9. The normalized spacial score (nSPS) is 34.4. The zero-order valence-electron chi connectivity index (χ0n) is 29.6. The van der Waals surface area contributed by atoms with Gasteiger partial charge in [0.15, 0.2) is 11.5 Å². The highest BCUT2D eigenvalue weighted by Crippen LogP contribution is 2.78. The van der Waals surface area contributed by atoms with Gasteiger partial charge < -0.3 is 19.1 Å². The van der Waals surface area contributed by atoms with Crippen LogP contribution >= 0.6 is 0 Å². The summed E-state index contributed by atoms with van der Waals surface area (Å²) in [6.45, 7) is 6.63. The predicted octanol–water partition coefficient (Wildman–Crippen LogP) is 5.91. The summed E-state index contributed by atoms with van der Waals surface area (Å²) in [7, 11) is 0.196. The molecule has 50 heavy (non-hydrogen) atoms. The van der Waals surface area contributed by atoms with Gasteiger partial charge in [0.05, 0.1) is 12.0 Å². The third kappa shape index (κ3) is 4.12. The summed E-state index contributed by atoms with van der Waals surface area (Å²) in [6, 6.07) is 21.3. The van der Waals surface area contributed by atoms with E-state index < -0.39 is 15.6 Å². The smallest absolute Gasteiger partial charge is 0.243 e. The lowest BCUT2D eigenvalue weighted by Crippen LogP contribution is -2.80. The monoisotopic (exact) mass is 695 g/mol. The number of piperidine rings is 1. The molecule has 11 rings (SSSR count). The molecule has 3 heterocycles. The number of benzene rings is 3. The maximum atomic E-state index is 13.3. The molecule has 0 amide bonds. The Labute approximate surface area is 296 Å². The van der Waals surface area contributed by atoms with Gasteiger partial charge >= 0.3 is 0 Å². The topological polar surface area (TPSA) is 71.5 Å². The van der Waals surface area contributed by atoms with Crippen molar-refractivity contribution in [2.45, 2.75) is 85.8 Å². The largest absolute Gasteiger partial charge is 0.493 e. The van der Waals surface area contributed by atoms with E-state index in [1.807, 2.05) is 26.2 Å². The second-order valence-corrected chi connectivity index (χ2v) is 18.3. The van der Waals surface area contributed by atoms with E-state index in [9.17, 15) is 8.42 Å². The Hall–Kier alpha value is -3.11. The van der Waals surface area contributed by atoms with Gasteiger partial charge in [-0.3, -0.25) is 4.90 Å². The van der Waals surface area contributed by atoms with E-state index >= 15 is 0 Å². The van der Waals surface area contributed by atoms with Crippen LogP contribution in [0.1, 0.15) is 66.7 Å². The molecule has 9 heteroatoms. The molecule has 8 aliphatic rings. The third-order valence-corrected chi connectivity index (χ3v) is 16.3. The van der Waals surface area contributed by atoms with E-state index in [1.54, 1.807) is 23.5 Å². The average molecular weight is 696 g/mol. The van der Waals surface area contributed by atoms with Gasteiger partial charge in [0.2, 0.25) is 10.0 Å². The summed E-state index contributed by atoms with van der Waals surface area (Å²) in [4.78, 5) is 5.59. The minimum Gasteiger partial charge on any atom is -0.493 e. The molecule has 2 spiro atoms. The first-order chi connectivity index (χ1) is 24.2. The van der Waals surface area contributed by atoms with Crippen molar-refractivity contribution in [3.8, 4) is 11.5 Å². The van der Waals surface area contributed by atoms with Crippen molar-refractivity contribution in [3.63, 3.8) is 0 Å². The molecule has 3 aromatic rings. The van der Waals surface area contributed by atoms with E-state index in [2.05, 4.69) is 46.2 Å². The van der Waals surface area contributed by atoms with E-state index in [0.717, 1.165) is 60.9 Å². The van der Waals surface area contributed by atoms with E-state index in [4.69, 9.17) is 14.2 Å². The van der Waals surface area contributed by atoms with Crippen molar-refractivity contribution < 1.29 is 22.6 Å². The van der Waals surface area contributed by atoms with Crippen LogP contribution in [0.15, 0.2) is 65.6 Å². The molecule has 5 aliphatic carbocycles. The Morgan fingerprint density at radius 2 is 1.64 bits per heavy atom. The van der Waals surface area contributed by atoms with Crippen LogP contribution in [-0.2, 0) is 26.6 Å². The number of aryl methyl sites for hydroxylation is 1. The first kappa shape index (κ1) is 31.6. The lowest BCUT2D eigenvalue weighted by molar-refractivity contribution is -0.261. The van der Waals surface area contributed by atoms with E-state index in [-0.39, 0.29) is 22.9 Å². The second kappa shape index (κ2) is 11.0. The van der Waals surface area contributed by atoms with Crippen molar-refractivity contribution in [1.82, 2.24) is 9.21 Å². The highest BCUT2D eigenvalue weighted by atomic mass is 32.2. The molecule has 2 saturated heterocycles. The minimum atomic E-state index is -3.50. The number of nitrogens with zero attached hydrogens (tertiary/aromatic N) is 3. The van der Waals surface area contributed by atoms with Crippen LogP contribution in [0.5, 0.6) is 11.5 Å². The number of methoxy groups -OCH3 is 2. The Morgan fingerprint density at radius 1 is 0.880 bits per heavy atom. The molecular formula is C41H49N3O5S.